The van der Waals surface area contributed by atoms with Gasteiger partial charge < -0.3 is 9.42 Å². The van der Waals surface area contributed by atoms with Crippen LogP contribution in [0.25, 0.3) is 0 Å². The number of hydrogen-bond acceptors (Lipinski definition) is 3. The van der Waals surface area contributed by atoms with E-state index in [0.29, 0.717) is 6.61 Å². The average molecular weight is 471 g/mol. The van der Waals surface area contributed by atoms with Crippen LogP contribution >= 0.6 is 5.69 Å². The molecule has 2 nitrogen and oxygen atoms in total. The molecule has 0 aliphatic carbocycles. The van der Waals surface area contributed by atoms with E-state index in [2.05, 4.69) is 13.8 Å². The highest BCUT2D eigenvalue weighted by Gasteiger charge is 2.18. The Hall–Kier alpha value is 1.14. The molecular formula is C22H47O2PS3. The van der Waals surface area contributed by atoms with Crippen LogP contribution < -0.4 is 0 Å². The van der Waals surface area contributed by atoms with Crippen LogP contribution in [0.15, 0.2) is 0 Å². The first-order valence-corrected chi connectivity index (χ1v) is 17.5. The van der Waals surface area contributed by atoms with Crippen LogP contribution in [0.2, 0.25) is 0 Å². The maximum absolute atomic E-state index is 10.4. The molecule has 0 bridgehead atoms. The molecule has 0 rings (SSSR count). The molecule has 0 aromatic rings. The van der Waals surface area contributed by atoms with Gasteiger partial charge in [-0.25, -0.2) is 0 Å². The Morgan fingerprint density at radius 2 is 1.00 bits per heavy atom. The van der Waals surface area contributed by atoms with Crippen molar-refractivity contribution in [3.8, 4) is 0 Å². The van der Waals surface area contributed by atoms with Crippen LogP contribution in [0.4, 0.5) is 0 Å². The van der Waals surface area contributed by atoms with Gasteiger partial charge >= 0.3 is 0 Å². The Balaban J connectivity index is 3.53. The van der Waals surface area contributed by atoms with Gasteiger partial charge in [0.1, 0.15) is 0 Å². The highest BCUT2D eigenvalue weighted by molar-refractivity contribution is 8.74. The van der Waals surface area contributed by atoms with E-state index in [4.69, 9.17) is 27.5 Å². The summed E-state index contributed by atoms with van der Waals surface area (Å²) in [6.45, 7) is 5.10. The molecule has 0 aromatic heterocycles. The molecule has 2 unspecified atom stereocenters. The van der Waals surface area contributed by atoms with E-state index in [0.717, 1.165) is 18.6 Å². The molecule has 2 atom stereocenters. The third-order valence-corrected chi connectivity index (χ3v) is 14.4. The minimum atomic E-state index is -2.76. The molecule has 0 heterocycles. The van der Waals surface area contributed by atoms with Crippen molar-refractivity contribution < 1.29 is 9.42 Å². The quantitative estimate of drug-likeness (QED) is 0.127. The van der Waals surface area contributed by atoms with Gasteiger partial charge in [0.15, 0.2) is 0 Å². The van der Waals surface area contributed by atoms with E-state index in [1.807, 2.05) is 0 Å². The standard InChI is InChI=1S/C22H47O2PS3/c1-3-5-7-9-11-13-15-17-19-21-24-25(23,26)28(27)22-20-18-16-14-12-10-8-6-4-2/h3-22H2,1-2H3,(H,23,26). The van der Waals surface area contributed by atoms with Gasteiger partial charge in [0.05, 0.1) is 6.61 Å². The van der Waals surface area contributed by atoms with Crippen LogP contribution in [-0.4, -0.2) is 17.3 Å². The van der Waals surface area contributed by atoms with E-state index in [-0.39, 0.29) is 0 Å². The summed E-state index contributed by atoms with van der Waals surface area (Å²) in [5, 5.41) is 0. The lowest BCUT2D eigenvalue weighted by Gasteiger charge is -2.17. The maximum Gasteiger partial charge on any atom is 0.248 e. The summed E-state index contributed by atoms with van der Waals surface area (Å²) >= 11 is 10.8. The highest BCUT2D eigenvalue weighted by Crippen LogP contribution is 2.47. The molecule has 6 heteroatoms. The van der Waals surface area contributed by atoms with Crippen LogP contribution in [0, 0.1) is 0 Å². The third kappa shape index (κ3) is 19.1. The molecule has 0 aromatic carbocycles. The van der Waals surface area contributed by atoms with Crippen molar-refractivity contribution in [2.24, 2.45) is 0 Å². The van der Waals surface area contributed by atoms with Crippen LogP contribution in [0.5, 0.6) is 0 Å². The van der Waals surface area contributed by atoms with Crippen LogP contribution in [0.3, 0.4) is 0 Å². The van der Waals surface area contributed by atoms with Crippen molar-refractivity contribution in [2.45, 2.75) is 129 Å². The predicted octanol–water partition coefficient (Wildman–Crippen LogP) is 8.36. The SMILES string of the molecule is CCCCCCCCCCCOP(O)(=S)S(=S)CCCCCCCCCCC. The van der Waals surface area contributed by atoms with Crippen LogP contribution in [-0.2, 0) is 36.6 Å². The third-order valence-electron chi connectivity index (χ3n) is 5.18. The first-order chi connectivity index (χ1) is 13.5. The summed E-state index contributed by atoms with van der Waals surface area (Å²) < 4.78 is 5.67. The molecule has 0 fully saturated rings. The van der Waals surface area contributed by atoms with Crippen molar-refractivity contribution in [1.82, 2.24) is 0 Å². The van der Waals surface area contributed by atoms with Gasteiger partial charge in [-0.1, -0.05) is 117 Å². The zero-order valence-electron chi connectivity index (χ0n) is 18.7. The number of unbranched alkanes of at least 4 members (excludes halogenated alkanes) is 16. The zero-order valence-corrected chi connectivity index (χ0v) is 22.0. The van der Waals surface area contributed by atoms with Gasteiger partial charge in [0.2, 0.25) is 5.69 Å². The second-order valence-electron chi connectivity index (χ2n) is 7.98. The molecule has 0 saturated heterocycles. The van der Waals surface area contributed by atoms with E-state index in [9.17, 15) is 4.89 Å². The fourth-order valence-corrected chi connectivity index (χ4v) is 7.75. The van der Waals surface area contributed by atoms with Crippen molar-refractivity contribution in [1.29, 1.82) is 0 Å². The first-order valence-electron chi connectivity index (χ1n) is 11.9. The lowest BCUT2D eigenvalue weighted by atomic mass is 10.1. The molecule has 0 aliphatic rings. The first kappa shape index (κ1) is 29.1. The normalized spacial score (nSPS) is 14.8. The molecule has 28 heavy (non-hydrogen) atoms. The molecule has 170 valence electrons. The molecule has 1 N–H and O–H groups in total. The van der Waals surface area contributed by atoms with Gasteiger partial charge in [-0.2, -0.15) is 0 Å². The largest absolute Gasteiger partial charge is 0.337 e. The minimum absolute atomic E-state index is 0.563. The summed E-state index contributed by atoms with van der Waals surface area (Å²) in [6, 6.07) is 0. The van der Waals surface area contributed by atoms with Gasteiger partial charge in [-0.3, -0.25) is 0 Å². The Morgan fingerprint density at radius 1 is 0.643 bits per heavy atom. The summed E-state index contributed by atoms with van der Waals surface area (Å²) in [5.74, 6) is 0.858. The van der Waals surface area contributed by atoms with Gasteiger partial charge in [-0.15, -0.1) is 0 Å². The smallest absolute Gasteiger partial charge is 0.248 e. The Morgan fingerprint density at radius 3 is 1.43 bits per heavy atom. The minimum Gasteiger partial charge on any atom is -0.337 e. The molecule has 0 spiro atoms. The summed E-state index contributed by atoms with van der Waals surface area (Å²) in [7, 11) is -0.563. The van der Waals surface area contributed by atoms with Gasteiger partial charge in [-0.05, 0) is 44.9 Å². The van der Waals surface area contributed by atoms with Crippen molar-refractivity contribution in [3.05, 3.63) is 0 Å². The number of hydrogen-bond donors (Lipinski definition) is 1. The van der Waals surface area contributed by atoms with Crippen molar-refractivity contribution in [2.75, 3.05) is 12.4 Å². The maximum atomic E-state index is 10.4. The summed E-state index contributed by atoms with van der Waals surface area (Å²) in [4.78, 5) is 10.4. The molecule has 0 saturated carbocycles. The monoisotopic (exact) mass is 470 g/mol. The molecule has 0 aliphatic heterocycles. The second-order valence-corrected chi connectivity index (χ2v) is 17.2. The number of rotatable bonds is 22. The average Bonchev–Trinajstić information content (AvgIpc) is 2.68. The second kappa shape index (κ2) is 21.4. The molecule has 0 radical (unpaired) electrons. The fourth-order valence-electron chi connectivity index (χ4n) is 3.30. The summed E-state index contributed by atoms with van der Waals surface area (Å²) in [6.07, 6.45) is 23.3. The lowest BCUT2D eigenvalue weighted by molar-refractivity contribution is 0.307. The van der Waals surface area contributed by atoms with E-state index >= 15 is 0 Å². The molecule has 0 amide bonds. The fraction of sp³-hybridized carbons (Fsp3) is 1.00. The Labute approximate surface area is 188 Å². The topological polar surface area (TPSA) is 29.5 Å². The van der Waals surface area contributed by atoms with Crippen molar-refractivity contribution >= 4 is 37.8 Å². The van der Waals surface area contributed by atoms with Gasteiger partial charge in [0.25, 0.3) is 0 Å². The van der Waals surface area contributed by atoms with Crippen molar-refractivity contribution in [3.63, 3.8) is 0 Å². The predicted molar refractivity (Wildman–Crippen MR) is 137 cm³/mol. The summed E-state index contributed by atoms with van der Waals surface area (Å²) in [5.41, 5.74) is -2.76. The van der Waals surface area contributed by atoms with E-state index < -0.39 is 14.8 Å². The Bertz CT molecular complexity index is 405. The molecular weight excluding hydrogens is 423 g/mol. The van der Waals surface area contributed by atoms with E-state index in [1.165, 1.54) is 103 Å². The van der Waals surface area contributed by atoms with Gasteiger partial charge in [0, 0.05) is 5.75 Å². The zero-order chi connectivity index (χ0) is 20.9. The van der Waals surface area contributed by atoms with Crippen LogP contribution in [0.1, 0.15) is 129 Å². The highest BCUT2D eigenvalue weighted by atomic mass is 33.2. The van der Waals surface area contributed by atoms with E-state index in [1.54, 1.807) is 0 Å². The Kier molecular flexibility index (Phi) is 22.2. The lowest BCUT2D eigenvalue weighted by Crippen LogP contribution is -2.02.